The Kier molecular flexibility index (Phi) is 5.50. The molecule has 0 aliphatic rings. The van der Waals surface area contributed by atoms with Crippen LogP contribution in [0.25, 0.3) is 0 Å². The van der Waals surface area contributed by atoms with E-state index in [0.29, 0.717) is 12.8 Å². The van der Waals surface area contributed by atoms with E-state index in [1.54, 1.807) is 0 Å². The summed E-state index contributed by atoms with van der Waals surface area (Å²) in [6, 6.07) is 9.80. The molecule has 0 bridgehead atoms. The maximum Gasteiger partial charge on any atom is 0.490 e. The molecule has 0 saturated carbocycles. The lowest BCUT2D eigenvalue weighted by molar-refractivity contribution is -0.394. The van der Waals surface area contributed by atoms with Gasteiger partial charge < -0.3 is 10.1 Å². The van der Waals surface area contributed by atoms with Crippen LogP contribution in [0.5, 0.6) is 0 Å². The fourth-order valence-electron chi connectivity index (χ4n) is 1.84. The Hall–Kier alpha value is -3.10. The van der Waals surface area contributed by atoms with Gasteiger partial charge in [-0.15, -0.1) is 0 Å². The zero-order chi connectivity index (χ0) is 16.7. The van der Waals surface area contributed by atoms with E-state index in [1.807, 2.05) is 37.3 Å². The van der Waals surface area contributed by atoms with Gasteiger partial charge in [-0.3, -0.25) is 4.79 Å². The van der Waals surface area contributed by atoms with Gasteiger partial charge in [-0.05, 0) is 16.9 Å². The van der Waals surface area contributed by atoms with Crippen molar-refractivity contribution in [3.8, 4) is 0 Å². The number of carbonyl (C=O) groups is 1. The average Bonchev–Trinajstić information content (AvgIpc) is 3.01. The number of nitro groups is 1. The van der Waals surface area contributed by atoms with Crippen LogP contribution in [-0.4, -0.2) is 31.3 Å². The number of amides is 1. The van der Waals surface area contributed by atoms with E-state index < -0.39 is 16.8 Å². The Bertz CT molecular complexity index is 710. The third kappa shape index (κ3) is 4.99. The van der Waals surface area contributed by atoms with Crippen LogP contribution in [0.1, 0.15) is 18.9 Å². The average molecular weight is 316 g/mol. The van der Waals surface area contributed by atoms with Gasteiger partial charge in [-0.1, -0.05) is 42.2 Å². The first-order chi connectivity index (χ1) is 11.1. The van der Waals surface area contributed by atoms with Crippen molar-refractivity contribution in [2.45, 2.75) is 26.3 Å². The predicted octanol–water partition coefficient (Wildman–Crippen LogP) is 1.31. The zero-order valence-electron chi connectivity index (χ0n) is 12.5. The molecule has 0 spiro atoms. The molecule has 9 heteroatoms. The lowest BCUT2D eigenvalue weighted by Gasteiger charge is -2.05. The van der Waals surface area contributed by atoms with Crippen LogP contribution in [0, 0.1) is 10.1 Å². The van der Waals surface area contributed by atoms with Crippen molar-refractivity contribution in [1.29, 1.82) is 0 Å². The number of rotatable bonds is 7. The van der Waals surface area contributed by atoms with Gasteiger partial charge in [0.15, 0.2) is 0 Å². The molecule has 0 atom stereocenters. The van der Waals surface area contributed by atoms with Gasteiger partial charge in [0.25, 0.3) is 5.91 Å². The number of benzene rings is 1. The number of aromatic nitrogens is 3. The Balaban J connectivity index is 1.91. The highest BCUT2D eigenvalue weighted by Gasteiger charge is 2.15. The third-order valence-corrected chi connectivity index (χ3v) is 2.99. The molecule has 23 heavy (non-hydrogen) atoms. The molecule has 1 N–H and O–H groups in total. The minimum absolute atomic E-state index is 0.188. The Labute approximate surface area is 132 Å². The second-order valence-electron chi connectivity index (χ2n) is 4.73. The van der Waals surface area contributed by atoms with Crippen molar-refractivity contribution >= 4 is 17.6 Å². The largest absolute Gasteiger partial charge is 0.490 e. The van der Waals surface area contributed by atoms with Crippen LogP contribution in [0.2, 0.25) is 0 Å². The molecule has 2 aromatic rings. The summed E-state index contributed by atoms with van der Waals surface area (Å²) in [7, 11) is 0. The lowest BCUT2D eigenvalue weighted by atomic mass is 10.1. The number of hydrogen-bond acceptors (Lipinski definition) is 6. The molecule has 1 aromatic heterocycles. The first-order valence-electron chi connectivity index (χ1n) is 7.00. The monoisotopic (exact) mass is 316 g/mol. The van der Waals surface area contributed by atoms with E-state index in [-0.39, 0.29) is 6.54 Å². The van der Waals surface area contributed by atoms with Gasteiger partial charge in [0, 0.05) is 17.2 Å². The number of nitrogens with one attached hydrogen (secondary N) is 1. The molecule has 0 aliphatic carbocycles. The summed E-state index contributed by atoms with van der Waals surface area (Å²) in [6.07, 6.45) is 2.47. The molecule has 1 aromatic carbocycles. The first-order valence-corrected chi connectivity index (χ1v) is 7.00. The van der Waals surface area contributed by atoms with Gasteiger partial charge >= 0.3 is 5.95 Å². The van der Waals surface area contributed by atoms with E-state index >= 15 is 0 Å². The fourth-order valence-corrected chi connectivity index (χ4v) is 1.84. The molecule has 0 fully saturated rings. The maximum atomic E-state index is 11.8. The summed E-state index contributed by atoms with van der Waals surface area (Å²) in [6.45, 7) is 1.77. The Morgan fingerprint density at radius 3 is 2.74 bits per heavy atom. The predicted molar refractivity (Wildman–Crippen MR) is 82.7 cm³/mol. The second kappa shape index (κ2) is 7.78. The lowest BCUT2D eigenvalue weighted by Crippen LogP contribution is -2.25. The topological polar surface area (TPSA) is 115 Å². The quantitative estimate of drug-likeness (QED) is 0.470. The molecule has 0 unspecified atom stereocenters. The smallest absolute Gasteiger partial charge is 0.390 e. The van der Waals surface area contributed by atoms with Gasteiger partial charge in [0.1, 0.15) is 6.54 Å². The van der Waals surface area contributed by atoms with Crippen LogP contribution in [0.15, 0.2) is 41.8 Å². The summed E-state index contributed by atoms with van der Waals surface area (Å²) in [5.74, 6) is -0.969. The molecular weight excluding hydrogens is 300 g/mol. The fraction of sp³-hybridized carbons (Fsp3) is 0.286. The van der Waals surface area contributed by atoms with Crippen LogP contribution in [0.4, 0.5) is 5.95 Å². The summed E-state index contributed by atoms with van der Waals surface area (Å²) >= 11 is 0. The Morgan fingerprint density at radius 2 is 2.13 bits per heavy atom. The molecule has 0 aliphatic heterocycles. The minimum Gasteiger partial charge on any atom is -0.390 e. The van der Waals surface area contributed by atoms with Crippen molar-refractivity contribution < 1.29 is 9.72 Å². The van der Waals surface area contributed by atoms with Crippen molar-refractivity contribution in [1.82, 2.24) is 20.2 Å². The second-order valence-corrected chi connectivity index (χ2v) is 4.73. The highest BCUT2D eigenvalue weighted by molar-refractivity contribution is 5.87. The van der Waals surface area contributed by atoms with Crippen molar-refractivity contribution in [3.63, 3.8) is 0 Å². The standard InChI is InChI=1S/C14H16N6O3/c1-2-12(8-11-6-4-3-5-7-11)16-17-13(21)9-19-10-15-14(18-19)20(22)23/h3-7,10H,2,8-9H2,1H3,(H,17,21)/b16-12-. The third-order valence-electron chi connectivity index (χ3n) is 2.99. The SMILES string of the molecule is CC/C(Cc1ccccc1)=N/NC(=O)Cn1cnc([N+](=O)[O-])n1. The number of hydrazone groups is 1. The summed E-state index contributed by atoms with van der Waals surface area (Å²) in [5, 5.41) is 18.1. The van der Waals surface area contributed by atoms with Gasteiger partial charge in [0.05, 0.1) is 0 Å². The van der Waals surface area contributed by atoms with Crippen LogP contribution in [0.3, 0.4) is 0 Å². The highest BCUT2D eigenvalue weighted by atomic mass is 16.6. The molecule has 1 heterocycles. The summed E-state index contributed by atoms with van der Waals surface area (Å²) < 4.78 is 1.09. The van der Waals surface area contributed by atoms with E-state index in [2.05, 4.69) is 20.6 Å². The first kappa shape index (κ1) is 16.3. The van der Waals surface area contributed by atoms with Crippen LogP contribution < -0.4 is 5.43 Å². The van der Waals surface area contributed by atoms with Gasteiger partial charge in [-0.25, -0.2) is 5.43 Å². The van der Waals surface area contributed by atoms with Crippen molar-refractivity contribution in [2.75, 3.05) is 0 Å². The number of nitrogens with zero attached hydrogens (tertiary/aromatic N) is 5. The van der Waals surface area contributed by atoms with Gasteiger partial charge in [0.2, 0.25) is 6.33 Å². The molecule has 9 nitrogen and oxygen atoms in total. The van der Waals surface area contributed by atoms with E-state index in [0.717, 1.165) is 22.3 Å². The van der Waals surface area contributed by atoms with E-state index in [4.69, 9.17) is 0 Å². The van der Waals surface area contributed by atoms with Gasteiger partial charge in [-0.2, -0.15) is 9.78 Å². The molecule has 0 radical (unpaired) electrons. The summed E-state index contributed by atoms with van der Waals surface area (Å²) in [5.41, 5.74) is 4.37. The maximum absolute atomic E-state index is 11.8. The molecule has 1 amide bonds. The van der Waals surface area contributed by atoms with E-state index in [1.165, 1.54) is 0 Å². The Morgan fingerprint density at radius 1 is 1.39 bits per heavy atom. The van der Waals surface area contributed by atoms with E-state index in [9.17, 15) is 14.9 Å². The number of carbonyl (C=O) groups excluding carboxylic acids is 1. The molecular formula is C14H16N6O3. The molecule has 0 saturated heterocycles. The van der Waals surface area contributed by atoms with Crippen molar-refractivity contribution in [3.05, 3.63) is 52.3 Å². The minimum atomic E-state index is -0.721. The molecule has 120 valence electrons. The summed E-state index contributed by atoms with van der Waals surface area (Å²) in [4.78, 5) is 25.0. The van der Waals surface area contributed by atoms with Crippen molar-refractivity contribution in [2.24, 2.45) is 5.10 Å². The van der Waals surface area contributed by atoms with Crippen LogP contribution in [-0.2, 0) is 17.8 Å². The molecule has 2 rings (SSSR count). The normalized spacial score (nSPS) is 11.3. The van der Waals surface area contributed by atoms with Crippen LogP contribution >= 0.6 is 0 Å². The number of hydrogen-bond donors (Lipinski definition) is 1. The zero-order valence-corrected chi connectivity index (χ0v) is 12.5. The highest BCUT2D eigenvalue weighted by Crippen LogP contribution is 2.03.